The van der Waals surface area contributed by atoms with Crippen molar-refractivity contribution < 1.29 is 44.3 Å². The first-order valence-corrected chi connectivity index (χ1v) is 10.1. The minimum atomic E-state index is -1.98. The molecule has 2 aromatic carbocycles. The van der Waals surface area contributed by atoms with Gasteiger partial charge in [0.1, 0.15) is 22.8 Å². The molecule has 4 N–H and O–H groups in total. The highest BCUT2D eigenvalue weighted by molar-refractivity contribution is 6.31. The number of Topliss-reactive ketones (excluding diaryl/α,β-unsaturated/α-hetero) is 1. The SMILES string of the molecule is CCOCOc1cccc2c1C(=O)c1c(O)c3c(c(O)c1C2=O)CC(O)(C(C)=O)CC3O. The fraction of sp³-hybridized carbons (Fsp3) is 0.348. The molecule has 32 heavy (non-hydrogen) atoms. The van der Waals surface area contributed by atoms with E-state index < -0.39 is 64.5 Å². The number of ketones is 3. The van der Waals surface area contributed by atoms with Crippen molar-refractivity contribution in [3.63, 3.8) is 0 Å². The van der Waals surface area contributed by atoms with E-state index in [2.05, 4.69) is 0 Å². The second-order valence-electron chi connectivity index (χ2n) is 7.92. The first-order chi connectivity index (χ1) is 15.1. The van der Waals surface area contributed by atoms with Crippen molar-refractivity contribution in [3.05, 3.63) is 51.6 Å². The average Bonchev–Trinajstić information content (AvgIpc) is 2.74. The average molecular weight is 442 g/mol. The molecule has 2 aliphatic rings. The molecule has 0 bridgehead atoms. The summed E-state index contributed by atoms with van der Waals surface area (Å²) in [7, 11) is 0. The zero-order valence-electron chi connectivity index (χ0n) is 17.5. The Kier molecular flexibility index (Phi) is 5.28. The van der Waals surface area contributed by atoms with Crippen molar-refractivity contribution >= 4 is 17.3 Å². The number of aromatic hydroxyl groups is 2. The first kappa shape index (κ1) is 21.9. The quantitative estimate of drug-likeness (QED) is 0.262. The van der Waals surface area contributed by atoms with Gasteiger partial charge >= 0.3 is 0 Å². The molecule has 2 aromatic rings. The lowest BCUT2D eigenvalue weighted by molar-refractivity contribution is -0.139. The molecule has 0 aromatic heterocycles. The molecular weight excluding hydrogens is 420 g/mol. The van der Waals surface area contributed by atoms with Crippen LogP contribution in [0.5, 0.6) is 17.2 Å². The van der Waals surface area contributed by atoms with E-state index in [1.54, 1.807) is 6.92 Å². The zero-order valence-corrected chi connectivity index (χ0v) is 17.5. The maximum atomic E-state index is 13.4. The third-order valence-electron chi connectivity index (χ3n) is 6.03. The summed E-state index contributed by atoms with van der Waals surface area (Å²) in [6, 6.07) is 4.37. The van der Waals surface area contributed by atoms with Gasteiger partial charge in [-0.05, 0) is 19.9 Å². The monoisotopic (exact) mass is 442 g/mol. The topological polar surface area (TPSA) is 151 Å². The van der Waals surface area contributed by atoms with Gasteiger partial charge in [0, 0.05) is 36.1 Å². The summed E-state index contributed by atoms with van der Waals surface area (Å²) in [6.45, 7) is 3.11. The van der Waals surface area contributed by atoms with Crippen molar-refractivity contribution in [2.75, 3.05) is 13.4 Å². The van der Waals surface area contributed by atoms with E-state index in [4.69, 9.17) is 9.47 Å². The summed E-state index contributed by atoms with van der Waals surface area (Å²) in [6.07, 6.45) is -2.40. The molecule has 0 radical (unpaired) electrons. The number of benzene rings is 2. The molecule has 2 aliphatic carbocycles. The van der Waals surface area contributed by atoms with E-state index in [0.717, 1.165) is 6.92 Å². The lowest BCUT2D eigenvalue weighted by Gasteiger charge is -2.36. The van der Waals surface area contributed by atoms with Crippen LogP contribution in [-0.4, -0.2) is 56.8 Å². The highest BCUT2D eigenvalue weighted by atomic mass is 16.7. The van der Waals surface area contributed by atoms with Gasteiger partial charge in [0.05, 0.1) is 22.8 Å². The summed E-state index contributed by atoms with van der Waals surface area (Å²) in [4.78, 5) is 38.6. The molecular formula is C23H22O9. The molecule has 0 spiro atoms. The van der Waals surface area contributed by atoms with Gasteiger partial charge in [-0.25, -0.2) is 0 Å². The van der Waals surface area contributed by atoms with E-state index in [0.29, 0.717) is 6.61 Å². The number of ether oxygens (including phenoxy) is 2. The first-order valence-electron chi connectivity index (χ1n) is 10.1. The summed E-state index contributed by atoms with van der Waals surface area (Å²) in [5.74, 6) is -3.40. The Morgan fingerprint density at radius 3 is 2.47 bits per heavy atom. The van der Waals surface area contributed by atoms with Gasteiger partial charge < -0.3 is 29.9 Å². The van der Waals surface area contributed by atoms with Gasteiger partial charge in [0.25, 0.3) is 0 Å². The Labute approximate surface area is 182 Å². The summed E-state index contributed by atoms with van der Waals surface area (Å²) in [5.41, 5.74) is -3.35. The highest BCUT2D eigenvalue weighted by Gasteiger charge is 2.47. The fourth-order valence-electron chi connectivity index (χ4n) is 4.35. The van der Waals surface area contributed by atoms with Crippen LogP contribution in [0.3, 0.4) is 0 Å². The van der Waals surface area contributed by atoms with Crippen LogP contribution < -0.4 is 4.74 Å². The predicted octanol–water partition coefficient (Wildman–Crippen LogP) is 1.55. The van der Waals surface area contributed by atoms with Gasteiger partial charge in [-0.3, -0.25) is 14.4 Å². The van der Waals surface area contributed by atoms with E-state index in [1.807, 2.05) is 0 Å². The third-order valence-corrected chi connectivity index (χ3v) is 6.03. The summed E-state index contributed by atoms with van der Waals surface area (Å²) < 4.78 is 10.6. The lowest BCUT2D eigenvalue weighted by atomic mass is 9.72. The normalized spacial score (nSPS) is 21.6. The maximum absolute atomic E-state index is 13.4. The Morgan fingerprint density at radius 2 is 1.81 bits per heavy atom. The van der Waals surface area contributed by atoms with Crippen molar-refractivity contribution in [3.8, 4) is 17.2 Å². The van der Waals surface area contributed by atoms with E-state index >= 15 is 0 Å². The highest BCUT2D eigenvalue weighted by Crippen LogP contribution is 2.50. The minimum absolute atomic E-state index is 0.0377. The molecule has 168 valence electrons. The smallest absolute Gasteiger partial charge is 0.202 e. The second-order valence-corrected chi connectivity index (χ2v) is 7.92. The van der Waals surface area contributed by atoms with Crippen molar-refractivity contribution in [2.24, 2.45) is 0 Å². The molecule has 0 saturated heterocycles. The van der Waals surface area contributed by atoms with E-state index in [1.165, 1.54) is 18.2 Å². The number of aliphatic hydroxyl groups excluding tert-OH is 1. The Morgan fingerprint density at radius 1 is 1.12 bits per heavy atom. The van der Waals surface area contributed by atoms with Crippen LogP contribution in [0.1, 0.15) is 69.3 Å². The number of rotatable bonds is 5. The Balaban J connectivity index is 1.92. The van der Waals surface area contributed by atoms with Crippen LogP contribution in [-0.2, 0) is 16.0 Å². The van der Waals surface area contributed by atoms with Crippen molar-refractivity contribution in [1.29, 1.82) is 0 Å². The molecule has 9 nitrogen and oxygen atoms in total. The number of aliphatic hydroxyl groups is 2. The molecule has 0 fully saturated rings. The molecule has 0 aliphatic heterocycles. The number of phenolic OH excluding ortho intramolecular Hbond substituents is 2. The van der Waals surface area contributed by atoms with Crippen LogP contribution in [0, 0.1) is 0 Å². The Hall–Kier alpha value is -3.27. The fourth-order valence-corrected chi connectivity index (χ4v) is 4.35. The van der Waals surface area contributed by atoms with Crippen LogP contribution in [0.2, 0.25) is 0 Å². The van der Waals surface area contributed by atoms with E-state index in [9.17, 15) is 34.8 Å². The second kappa shape index (κ2) is 7.70. The van der Waals surface area contributed by atoms with Gasteiger partial charge in [0.15, 0.2) is 18.4 Å². The molecule has 0 heterocycles. The van der Waals surface area contributed by atoms with Gasteiger partial charge in [-0.15, -0.1) is 0 Å². The lowest BCUT2D eigenvalue weighted by Crippen LogP contribution is -2.44. The van der Waals surface area contributed by atoms with Crippen LogP contribution in [0.15, 0.2) is 18.2 Å². The molecule has 4 rings (SSSR count). The molecule has 0 saturated carbocycles. The Bertz CT molecular complexity index is 1170. The van der Waals surface area contributed by atoms with Crippen LogP contribution in [0.25, 0.3) is 0 Å². The van der Waals surface area contributed by atoms with Crippen LogP contribution >= 0.6 is 0 Å². The standard InChI is InChI=1S/C23H22O9/c1-3-31-9-32-14-6-4-5-11-16(14)22(29)18-17(19(11)26)20(27)12-7-23(30,10(2)24)8-13(25)15(12)21(18)28/h4-6,13,25,27-28,30H,3,7-9H2,1-2H3. The van der Waals surface area contributed by atoms with Crippen molar-refractivity contribution in [2.45, 2.75) is 38.4 Å². The largest absolute Gasteiger partial charge is 0.507 e. The zero-order chi connectivity index (χ0) is 23.4. The third kappa shape index (κ3) is 3.09. The maximum Gasteiger partial charge on any atom is 0.202 e. The number of fused-ring (bicyclic) bond motifs is 3. The minimum Gasteiger partial charge on any atom is -0.507 e. The number of phenols is 2. The summed E-state index contributed by atoms with van der Waals surface area (Å²) >= 11 is 0. The predicted molar refractivity (Wildman–Crippen MR) is 109 cm³/mol. The molecule has 0 amide bonds. The molecule has 2 atom stereocenters. The number of hydrogen-bond acceptors (Lipinski definition) is 9. The number of carbonyl (C=O) groups is 3. The molecule has 9 heteroatoms. The van der Waals surface area contributed by atoms with Gasteiger partial charge in [0.2, 0.25) is 5.78 Å². The number of carbonyl (C=O) groups excluding carboxylic acids is 3. The van der Waals surface area contributed by atoms with Crippen molar-refractivity contribution in [1.82, 2.24) is 0 Å². The van der Waals surface area contributed by atoms with Crippen LogP contribution in [0.4, 0.5) is 0 Å². The van der Waals surface area contributed by atoms with E-state index in [-0.39, 0.29) is 34.8 Å². The molecule has 2 unspecified atom stereocenters. The summed E-state index contributed by atoms with van der Waals surface area (Å²) in [5, 5.41) is 43.0. The number of hydrogen-bond donors (Lipinski definition) is 4. The van der Waals surface area contributed by atoms with Gasteiger partial charge in [-0.2, -0.15) is 0 Å². The van der Waals surface area contributed by atoms with Gasteiger partial charge in [-0.1, -0.05) is 12.1 Å².